The van der Waals surface area contributed by atoms with Gasteiger partial charge < -0.3 is 5.32 Å². The summed E-state index contributed by atoms with van der Waals surface area (Å²) in [5.74, 6) is 0.768. The van der Waals surface area contributed by atoms with Gasteiger partial charge >= 0.3 is 0 Å². The van der Waals surface area contributed by atoms with E-state index in [1.54, 1.807) is 0 Å². The van der Waals surface area contributed by atoms with Crippen molar-refractivity contribution in [2.24, 2.45) is 0 Å². The first-order valence-electron chi connectivity index (χ1n) is 10.5. The van der Waals surface area contributed by atoms with Gasteiger partial charge in [-0.15, -0.1) is 0 Å². The van der Waals surface area contributed by atoms with Crippen molar-refractivity contribution < 1.29 is 4.79 Å². The van der Waals surface area contributed by atoms with Crippen molar-refractivity contribution in [3.8, 4) is 22.6 Å². The predicted octanol–water partition coefficient (Wildman–Crippen LogP) is 3.82. The van der Waals surface area contributed by atoms with Crippen LogP contribution in [0.1, 0.15) is 22.6 Å². The maximum absolute atomic E-state index is 11.4. The average Bonchev–Trinajstić information content (AvgIpc) is 3.57. The quantitative estimate of drug-likeness (QED) is 0.377. The summed E-state index contributed by atoms with van der Waals surface area (Å²) in [6.07, 6.45) is 3.12. The van der Waals surface area contributed by atoms with E-state index in [0.717, 1.165) is 46.1 Å². The number of hydrogen-bond acceptors (Lipinski definition) is 4. The van der Waals surface area contributed by atoms with Crippen LogP contribution in [0.5, 0.6) is 0 Å². The van der Waals surface area contributed by atoms with Crippen LogP contribution in [0.15, 0.2) is 73.1 Å². The Morgan fingerprint density at radius 1 is 0.969 bits per heavy atom. The number of fused-ring (bicyclic) bond motifs is 2. The van der Waals surface area contributed by atoms with E-state index in [4.69, 9.17) is 0 Å². The number of H-pyrrole nitrogens is 2. The fraction of sp³-hybridized carbons (Fsp3) is 0.120. The molecule has 7 heteroatoms. The van der Waals surface area contributed by atoms with Gasteiger partial charge in [0.05, 0.1) is 5.52 Å². The number of aromatic nitrogens is 5. The molecule has 6 rings (SSSR count). The van der Waals surface area contributed by atoms with Gasteiger partial charge in [-0.25, -0.2) is 4.98 Å². The summed E-state index contributed by atoms with van der Waals surface area (Å²) in [5, 5.41) is 18.8. The molecule has 0 bridgehead atoms. The smallest absolute Gasteiger partial charge is 0.207 e. The molecule has 2 heterocycles. The van der Waals surface area contributed by atoms with Crippen LogP contribution in [0.25, 0.3) is 33.5 Å². The van der Waals surface area contributed by atoms with E-state index in [1.165, 1.54) is 17.5 Å². The molecule has 156 valence electrons. The molecule has 5 aromatic rings. The molecule has 2 aromatic heterocycles. The molecule has 0 radical (unpaired) electrons. The van der Waals surface area contributed by atoms with Crippen molar-refractivity contribution in [1.82, 2.24) is 30.7 Å². The highest BCUT2D eigenvalue weighted by Crippen LogP contribution is 2.43. The maximum Gasteiger partial charge on any atom is 0.207 e. The van der Waals surface area contributed by atoms with Gasteiger partial charge in [-0.3, -0.25) is 15.0 Å². The molecule has 3 N–H and O–H groups in total. The van der Waals surface area contributed by atoms with E-state index in [-0.39, 0.29) is 12.0 Å². The van der Waals surface area contributed by atoms with Crippen LogP contribution in [0.4, 0.5) is 0 Å². The van der Waals surface area contributed by atoms with Crippen LogP contribution >= 0.6 is 0 Å². The fourth-order valence-electron chi connectivity index (χ4n) is 4.92. The number of carbonyl (C=O) groups excluding carboxylic acids is 1. The van der Waals surface area contributed by atoms with E-state index in [2.05, 4.69) is 73.2 Å². The third kappa shape index (κ3) is 2.90. The second kappa shape index (κ2) is 7.46. The number of aromatic amines is 2. The normalized spacial score (nSPS) is 17.4. The third-order valence-electron chi connectivity index (χ3n) is 6.32. The topological polar surface area (TPSA) is 99.3 Å². The zero-order valence-corrected chi connectivity index (χ0v) is 17.1. The second-order valence-electron chi connectivity index (χ2n) is 8.03. The van der Waals surface area contributed by atoms with Gasteiger partial charge in [-0.2, -0.15) is 10.2 Å². The van der Waals surface area contributed by atoms with Crippen molar-refractivity contribution >= 4 is 17.3 Å². The minimum atomic E-state index is 0.000935. The Labute approximate surface area is 183 Å². The fourth-order valence-corrected chi connectivity index (χ4v) is 4.92. The molecule has 2 atom stereocenters. The van der Waals surface area contributed by atoms with Gasteiger partial charge in [-0.1, -0.05) is 48.5 Å². The summed E-state index contributed by atoms with van der Waals surface area (Å²) in [6.45, 7) is 0. The lowest BCUT2D eigenvalue weighted by Crippen LogP contribution is -2.32. The van der Waals surface area contributed by atoms with Crippen LogP contribution < -0.4 is 5.32 Å². The average molecular weight is 420 g/mol. The zero-order chi connectivity index (χ0) is 21.5. The van der Waals surface area contributed by atoms with Gasteiger partial charge in [-0.05, 0) is 41.3 Å². The summed E-state index contributed by atoms with van der Waals surface area (Å²) in [5.41, 5.74) is 7.50. The predicted molar refractivity (Wildman–Crippen MR) is 122 cm³/mol. The highest BCUT2D eigenvalue weighted by atomic mass is 16.1. The molecule has 32 heavy (non-hydrogen) atoms. The summed E-state index contributed by atoms with van der Waals surface area (Å²) >= 11 is 0. The van der Waals surface area contributed by atoms with Gasteiger partial charge in [0, 0.05) is 28.5 Å². The Bertz CT molecular complexity index is 1420. The minimum absolute atomic E-state index is 0.000935. The van der Waals surface area contributed by atoms with Gasteiger partial charge in [0.1, 0.15) is 12.0 Å². The number of rotatable bonds is 5. The minimum Gasteiger partial charge on any atom is -0.355 e. The van der Waals surface area contributed by atoms with Crippen molar-refractivity contribution in [2.45, 2.75) is 18.4 Å². The molecule has 0 aliphatic heterocycles. The monoisotopic (exact) mass is 420 g/mol. The van der Waals surface area contributed by atoms with E-state index >= 15 is 0 Å². The number of hydrogen-bond donors (Lipinski definition) is 3. The third-order valence-corrected chi connectivity index (χ3v) is 6.32. The lowest BCUT2D eigenvalue weighted by Gasteiger charge is -2.23. The number of carbonyl (C=O) groups is 1. The Morgan fingerprint density at radius 2 is 1.81 bits per heavy atom. The number of amides is 1. The van der Waals surface area contributed by atoms with E-state index in [1.807, 2.05) is 24.3 Å². The molecular formula is C25H20N6O. The summed E-state index contributed by atoms with van der Waals surface area (Å²) < 4.78 is 0. The van der Waals surface area contributed by atoms with Crippen molar-refractivity contribution in [3.05, 3.63) is 89.7 Å². The van der Waals surface area contributed by atoms with Gasteiger partial charge in [0.15, 0.2) is 5.82 Å². The summed E-state index contributed by atoms with van der Waals surface area (Å²) in [7, 11) is 0. The van der Waals surface area contributed by atoms with Gasteiger partial charge in [0.25, 0.3) is 0 Å². The van der Waals surface area contributed by atoms with Crippen LogP contribution in [-0.2, 0) is 11.2 Å². The number of nitrogens with one attached hydrogen (secondary N) is 3. The molecule has 0 saturated heterocycles. The summed E-state index contributed by atoms with van der Waals surface area (Å²) in [6, 6.07) is 22.8. The first-order chi connectivity index (χ1) is 15.8. The lowest BCUT2D eigenvalue weighted by atomic mass is 9.85. The van der Waals surface area contributed by atoms with E-state index in [0.29, 0.717) is 5.82 Å². The molecule has 2 unspecified atom stereocenters. The maximum atomic E-state index is 11.4. The van der Waals surface area contributed by atoms with Crippen LogP contribution in [0.2, 0.25) is 0 Å². The molecule has 0 saturated carbocycles. The van der Waals surface area contributed by atoms with Crippen LogP contribution in [0, 0.1) is 0 Å². The highest BCUT2D eigenvalue weighted by Gasteiger charge is 2.35. The Hall–Kier alpha value is -4.26. The molecule has 0 fully saturated rings. The molecule has 3 aromatic carbocycles. The number of nitrogens with zero attached hydrogens (tertiary/aromatic N) is 3. The van der Waals surface area contributed by atoms with Gasteiger partial charge in [0.2, 0.25) is 6.41 Å². The Balaban J connectivity index is 1.53. The number of benzene rings is 3. The van der Waals surface area contributed by atoms with E-state index in [9.17, 15) is 4.79 Å². The first-order valence-corrected chi connectivity index (χ1v) is 10.5. The van der Waals surface area contributed by atoms with Crippen molar-refractivity contribution in [1.29, 1.82) is 0 Å². The summed E-state index contributed by atoms with van der Waals surface area (Å²) in [4.78, 5) is 15.7. The molecule has 1 amide bonds. The molecule has 1 aliphatic carbocycles. The van der Waals surface area contributed by atoms with Crippen molar-refractivity contribution in [3.63, 3.8) is 0 Å². The lowest BCUT2D eigenvalue weighted by molar-refractivity contribution is -0.110. The van der Waals surface area contributed by atoms with Crippen LogP contribution in [-0.4, -0.2) is 37.8 Å². The molecule has 1 aliphatic rings. The van der Waals surface area contributed by atoms with Crippen molar-refractivity contribution in [2.75, 3.05) is 0 Å². The standard InChI is InChI=1S/C25H20N6O/c32-14-27-22-12-15-5-1-2-6-17(15)23(22)18-7-3-4-8-19(18)24-20-11-16(25-26-13-28-31-25)9-10-21(20)29-30-24/h1-11,13-14,22-23H,12H2,(H,27,32)(H,29,30)(H,26,28,31). The molecule has 7 nitrogen and oxygen atoms in total. The molecule has 0 spiro atoms. The zero-order valence-electron chi connectivity index (χ0n) is 17.1. The second-order valence-corrected chi connectivity index (χ2v) is 8.03. The SMILES string of the molecule is O=CNC1Cc2ccccc2C1c1ccccc1-c1n[nH]c2ccc(-c3ncn[nH]3)cc12. The largest absolute Gasteiger partial charge is 0.355 e. The first kappa shape index (κ1) is 18.5. The Morgan fingerprint density at radius 3 is 2.66 bits per heavy atom. The van der Waals surface area contributed by atoms with Crippen LogP contribution in [0.3, 0.4) is 0 Å². The molecular weight excluding hydrogens is 400 g/mol. The highest BCUT2D eigenvalue weighted by molar-refractivity contribution is 5.96. The van der Waals surface area contributed by atoms with E-state index < -0.39 is 0 Å². The Kier molecular flexibility index (Phi) is 4.31.